The number of anilines is 1. The van der Waals surface area contributed by atoms with E-state index in [1.165, 1.54) is 6.07 Å². The average Bonchev–Trinajstić information content (AvgIpc) is 2.23. The van der Waals surface area contributed by atoms with Gasteiger partial charge in [-0.05, 0) is 25.1 Å². The Kier molecular flexibility index (Phi) is 3.12. The first kappa shape index (κ1) is 10.7. The van der Waals surface area contributed by atoms with E-state index in [1.54, 1.807) is 12.1 Å². The van der Waals surface area contributed by atoms with Gasteiger partial charge in [-0.2, -0.15) is 0 Å². The van der Waals surface area contributed by atoms with E-state index in [0.29, 0.717) is 6.04 Å². The summed E-state index contributed by atoms with van der Waals surface area (Å²) >= 11 is 5.76. The molecule has 0 unspecified atom stereocenters. The lowest BCUT2D eigenvalue weighted by molar-refractivity contribution is 0.500. The first-order valence-corrected chi connectivity index (χ1v) is 5.48. The first-order valence-electron chi connectivity index (χ1n) is 5.11. The van der Waals surface area contributed by atoms with E-state index in [1.807, 2.05) is 0 Å². The van der Waals surface area contributed by atoms with Crippen LogP contribution in [0.1, 0.15) is 6.92 Å². The minimum Gasteiger partial charge on any atom is -0.366 e. The van der Waals surface area contributed by atoms with E-state index in [4.69, 9.17) is 11.6 Å². The van der Waals surface area contributed by atoms with E-state index in [9.17, 15) is 4.39 Å². The van der Waals surface area contributed by atoms with Crippen molar-refractivity contribution in [1.82, 2.24) is 5.32 Å². The highest BCUT2D eigenvalue weighted by Gasteiger charge is 2.18. The van der Waals surface area contributed by atoms with E-state index in [2.05, 4.69) is 17.1 Å². The minimum absolute atomic E-state index is 0.193. The lowest BCUT2D eigenvalue weighted by atomic mass is 10.2. The fourth-order valence-electron chi connectivity index (χ4n) is 1.89. The quantitative estimate of drug-likeness (QED) is 0.794. The van der Waals surface area contributed by atoms with E-state index in [-0.39, 0.29) is 10.8 Å². The smallest absolute Gasteiger partial charge is 0.141 e. The lowest BCUT2D eigenvalue weighted by Crippen LogP contribution is -2.49. The zero-order valence-corrected chi connectivity index (χ0v) is 9.39. The third-order valence-corrected chi connectivity index (χ3v) is 3.03. The van der Waals surface area contributed by atoms with Gasteiger partial charge in [0.15, 0.2) is 0 Å². The summed E-state index contributed by atoms with van der Waals surface area (Å²) in [6.45, 7) is 4.99. The van der Waals surface area contributed by atoms with Crippen LogP contribution in [0.4, 0.5) is 10.1 Å². The highest BCUT2D eigenvalue weighted by atomic mass is 35.5. The molecule has 0 saturated carbocycles. The third-order valence-electron chi connectivity index (χ3n) is 2.74. The van der Waals surface area contributed by atoms with Crippen molar-refractivity contribution >= 4 is 17.3 Å². The van der Waals surface area contributed by atoms with Crippen molar-refractivity contribution in [2.45, 2.75) is 13.0 Å². The molecule has 1 aliphatic rings. The third kappa shape index (κ3) is 2.24. The maximum absolute atomic E-state index is 13.0. The second-order valence-corrected chi connectivity index (χ2v) is 4.25. The van der Waals surface area contributed by atoms with E-state index < -0.39 is 0 Å². The average molecular weight is 229 g/mol. The molecule has 1 N–H and O–H groups in total. The normalized spacial score (nSPS) is 21.8. The molecule has 0 aromatic heterocycles. The van der Waals surface area contributed by atoms with Gasteiger partial charge in [0.1, 0.15) is 5.82 Å². The van der Waals surface area contributed by atoms with Gasteiger partial charge in [-0.15, -0.1) is 0 Å². The van der Waals surface area contributed by atoms with Crippen LogP contribution in [0.3, 0.4) is 0 Å². The van der Waals surface area contributed by atoms with Gasteiger partial charge in [-0.25, -0.2) is 4.39 Å². The molecule has 4 heteroatoms. The second kappa shape index (κ2) is 4.37. The van der Waals surface area contributed by atoms with Crippen molar-refractivity contribution < 1.29 is 4.39 Å². The van der Waals surface area contributed by atoms with Gasteiger partial charge >= 0.3 is 0 Å². The molecule has 0 amide bonds. The number of hydrogen-bond acceptors (Lipinski definition) is 2. The fraction of sp³-hybridized carbons (Fsp3) is 0.455. The molecule has 1 fully saturated rings. The SMILES string of the molecule is C[C@H]1CNCCN1c1ccc(F)c(Cl)c1. The van der Waals surface area contributed by atoms with Crippen molar-refractivity contribution in [2.75, 3.05) is 24.5 Å². The van der Waals surface area contributed by atoms with Crippen LogP contribution >= 0.6 is 11.6 Å². The minimum atomic E-state index is -0.358. The monoisotopic (exact) mass is 228 g/mol. The number of halogens is 2. The molecular weight excluding hydrogens is 215 g/mol. The predicted molar refractivity (Wildman–Crippen MR) is 61.1 cm³/mol. The van der Waals surface area contributed by atoms with Crippen molar-refractivity contribution in [2.24, 2.45) is 0 Å². The molecule has 0 bridgehead atoms. The summed E-state index contributed by atoms with van der Waals surface area (Å²) in [7, 11) is 0. The zero-order chi connectivity index (χ0) is 10.8. The summed E-state index contributed by atoms with van der Waals surface area (Å²) in [6.07, 6.45) is 0. The van der Waals surface area contributed by atoms with Crippen LogP contribution in [-0.4, -0.2) is 25.7 Å². The number of nitrogens with one attached hydrogen (secondary N) is 1. The largest absolute Gasteiger partial charge is 0.366 e. The Labute approximate surface area is 94.0 Å². The molecule has 1 aromatic rings. The molecule has 1 saturated heterocycles. The number of nitrogens with zero attached hydrogens (tertiary/aromatic N) is 1. The Morgan fingerprint density at radius 3 is 3.00 bits per heavy atom. The van der Waals surface area contributed by atoms with Crippen LogP contribution in [0, 0.1) is 5.82 Å². The van der Waals surface area contributed by atoms with Crippen LogP contribution in [0.25, 0.3) is 0 Å². The molecule has 1 aliphatic heterocycles. The van der Waals surface area contributed by atoms with Gasteiger partial charge < -0.3 is 10.2 Å². The van der Waals surface area contributed by atoms with Crippen LogP contribution in [-0.2, 0) is 0 Å². The van der Waals surface area contributed by atoms with Crippen molar-refractivity contribution in [3.05, 3.63) is 29.0 Å². The summed E-state index contributed by atoms with van der Waals surface area (Å²) in [5.41, 5.74) is 0.996. The number of piperazine rings is 1. The predicted octanol–water partition coefficient (Wildman–Crippen LogP) is 2.28. The van der Waals surface area contributed by atoms with Gasteiger partial charge in [0, 0.05) is 31.4 Å². The molecule has 1 atom stereocenters. The van der Waals surface area contributed by atoms with Crippen molar-refractivity contribution in [3.63, 3.8) is 0 Å². The number of hydrogen-bond donors (Lipinski definition) is 1. The summed E-state index contributed by atoms with van der Waals surface area (Å²) < 4.78 is 13.0. The molecule has 2 rings (SSSR count). The van der Waals surface area contributed by atoms with Gasteiger partial charge in [-0.3, -0.25) is 0 Å². The van der Waals surface area contributed by atoms with Gasteiger partial charge in [-0.1, -0.05) is 11.6 Å². The highest BCUT2D eigenvalue weighted by molar-refractivity contribution is 6.31. The Bertz CT molecular complexity index is 356. The zero-order valence-electron chi connectivity index (χ0n) is 8.63. The Morgan fingerprint density at radius 2 is 2.33 bits per heavy atom. The standard InChI is InChI=1S/C11H14ClFN2/c1-8-7-14-4-5-15(8)9-2-3-11(13)10(12)6-9/h2-3,6,8,14H,4-5,7H2,1H3/t8-/m0/s1. The van der Waals surface area contributed by atoms with E-state index in [0.717, 1.165) is 25.3 Å². The fourth-order valence-corrected chi connectivity index (χ4v) is 2.06. The highest BCUT2D eigenvalue weighted by Crippen LogP contribution is 2.24. The summed E-state index contributed by atoms with van der Waals surface area (Å²) in [6, 6.07) is 5.31. The maximum atomic E-state index is 13.0. The summed E-state index contributed by atoms with van der Waals surface area (Å²) in [5, 5.41) is 3.50. The van der Waals surface area contributed by atoms with Crippen LogP contribution in [0.2, 0.25) is 5.02 Å². The van der Waals surface area contributed by atoms with Gasteiger partial charge in [0.2, 0.25) is 0 Å². The molecule has 15 heavy (non-hydrogen) atoms. The topological polar surface area (TPSA) is 15.3 Å². The molecule has 0 radical (unpaired) electrons. The van der Waals surface area contributed by atoms with Gasteiger partial charge in [0.25, 0.3) is 0 Å². The molecule has 2 nitrogen and oxygen atoms in total. The molecule has 0 aliphatic carbocycles. The Morgan fingerprint density at radius 1 is 1.53 bits per heavy atom. The second-order valence-electron chi connectivity index (χ2n) is 3.84. The molecule has 0 spiro atoms. The Balaban J connectivity index is 2.24. The summed E-state index contributed by atoms with van der Waals surface area (Å²) in [5.74, 6) is -0.358. The maximum Gasteiger partial charge on any atom is 0.141 e. The molecular formula is C11H14ClFN2. The molecule has 1 aromatic carbocycles. The Hall–Kier alpha value is -0.800. The van der Waals surface area contributed by atoms with Crippen molar-refractivity contribution in [1.29, 1.82) is 0 Å². The first-order chi connectivity index (χ1) is 7.18. The van der Waals surface area contributed by atoms with E-state index >= 15 is 0 Å². The lowest BCUT2D eigenvalue weighted by Gasteiger charge is -2.36. The number of benzene rings is 1. The molecule has 1 heterocycles. The van der Waals surface area contributed by atoms with Crippen LogP contribution in [0.15, 0.2) is 18.2 Å². The summed E-state index contributed by atoms with van der Waals surface area (Å²) in [4.78, 5) is 2.24. The van der Waals surface area contributed by atoms with Crippen LogP contribution in [0.5, 0.6) is 0 Å². The number of rotatable bonds is 1. The van der Waals surface area contributed by atoms with Gasteiger partial charge in [0.05, 0.1) is 5.02 Å². The molecule has 82 valence electrons. The van der Waals surface area contributed by atoms with Crippen LogP contribution < -0.4 is 10.2 Å². The van der Waals surface area contributed by atoms with Crippen molar-refractivity contribution in [3.8, 4) is 0 Å².